The van der Waals surface area contributed by atoms with Crippen LogP contribution in [0.4, 0.5) is 4.39 Å². The van der Waals surface area contributed by atoms with Crippen LogP contribution in [0.1, 0.15) is 43.7 Å². The van der Waals surface area contributed by atoms with Crippen LogP contribution in [0, 0.1) is 5.82 Å². The normalized spacial score (nSPS) is 11.0. The Balaban J connectivity index is 1.72. The molecule has 0 atom stereocenters. The molecule has 1 amide bonds. The molecule has 27 heavy (non-hydrogen) atoms. The molecule has 0 saturated heterocycles. The highest BCUT2D eigenvalue weighted by atomic mass is 19.1. The molecule has 0 aliphatic rings. The average molecular weight is 366 g/mol. The number of carbonyl (C=O) groups excluding carboxylic acids is 1. The summed E-state index contributed by atoms with van der Waals surface area (Å²) >= 11 is 0. The zero-order chi connectivity index (χ0) is 19.1. The molecule has 0 fully saturated rings. The van der Waals surface area contributed by atoms with Crippen LogP contribution in [-0.4, -0.2) is 22.3 Å². The van der Waals surface area contributed by atoms with Crippen molar-refractivity contribution in [1.29, 1.82) is 0 Å². The molecule has 0 unspecified atom stereocenters. The monoisotopic (exact) mass is 366 g/mol. The molecule has 0 radical (unpaired) electrons. The summed E-state index contributed by atoms with van der Waals surface area (Å²) < 4.78 is 14.1. The molecular weight excluding hydrogens is 339 g/mol. The maximum absolute atomic E-state index is 14.1. The lowest BCUT2D eigenvalue weighted by Crippen LogP contribution is -2.32. The van der Waals surface area contributed by atoms with E-state index in [0.717, 1.165) is 31.2 Å². The number of nitrogens with one attached hydrogen (secondary N) is 1. The second-order valence-corrected chi connectivity index (χ2v) is 6.97. The topological polar surface area (TPSA) is 36.1 Å². The Bertz CT molecular complexity index is 887. The van der Waals surface area contributed by atoms with Gasteiger partial charge in [0, 0.05) is 42.2 Å². The first kappa shape index (κ1) is 19.2. The van der Waals surface area contributed by atoms with Crippen molar-refractivity contribution >= 4 is 16.8 Å². The number of benzene rings is 2. The van der Waals surface area contributed by atoms with Gasteiger partial charge in [-0.25, -0.2) is 4.39 Å². The number of rotatable bonds is 9. The zero-order valence-electron chi connectivity index (χ0n) is 15.9. The predicted octanol–water partition coefficient (Wildman–Crippen LogP) is 5.46. The molecule has 0 bridgehead atoms. The molecule has 1 heterocycles. The molecule has 142 valence electrons. The van der Waals surface area contributed by atoms with Gasteiger partial charge in [-0.2, -0.15) is 0 Å². The van der Waals surface area contributed by atoms with Crippen LogP contribution in [0.25, 0.3) is 10.9 Å². The first-order valence-corrected chi connectivity index (χ1v) is 9.75. The van der Waals surface area contributed by atoms with Crippen LogP contribution in [0.5, 0.6) is 0 Å². The number of para-hydroxylation sites is 1. The highest BCUT2D eigenvalue weighted by molar-refractivity contribution is 5.83. The minimum absolute atomic E-state index is 0.103. The van der Waals surface area contributed by atoms with Gasteiger partial charge in [0.1, 0.15) is 5.82 Å². The smallest absolute Gasteiger partial charge is 0.222 e. The Morgan fingerprint density at radius 2 is 1.81 bits per heavy atom. The Morgan fingerprint density at radius 1 is 1.04 bits per heavy atom. The number of amides is 1. The van der Waals surface area contributed by atoms with E-state index in [1.807, 2.05) is 30.5 Å². The second-order valence-electron chi connectivity index (χ2n) is 6.97. The van der Waals surface area contributed by atoms with Gasteiger partial charge in [0.15, 0.2) is 0 Å². The maximum Gasteiger partial charge on any atom is 0.222 e. The molecule has 3 aromatic rings. The third kappa shape index (κ3) is 4.97. The van der Waals surface area contributed by atoms with E-state index in [0.29, 0.717) is 25.1 Å². The Hall–Kier alpha value is -2.62. The van der Waals surface area contributed by atoms with Crippen LogP contribution >= 0.6 is 0 Å². The van der Waals surface area contributed by atoms with Crippen molar-refractivity contribution in [2.45, 2.75) is 45.6 Å². The quantitative estimate of drug-likeness (QED) is 0.502. The number of nitrogens with zero attached hydrogens (tertiary/aromatic N) is 1. The van der Waals surface area contributed by atoms with E-state index < -0.39 is 0 Å². The number of carbonyl (C=O) groups is 1. The summed E-state index contributed by atoms with van der Waals surface area (Å²) in [5.41, 5.74) is 2.85. The summed E-state index contributed by atoms with van der Waals surface area (Å²) in [7, 11) is 0. The molecule has 0 aliphatic carbocycles. The zero-order valence-corrected chi connectivity index (χ0v) is 15.9. The third-order valence-electron chi connectivity index (χ3n) is 4.99. The number of hydrogen-bond acceptors (Lipinski definition) is 1. The van der Waals surface area contributed by atoms with Gasteiger partial charge in [0.05, 0.1) is 0 Å². The van der Waals surface area contributed by atoms with Gasteiger partial charge in [-0.05, 0) is 30.5 Å². The fraction of sp³-hybridized carbons (Fsp3) is 0.348. The summed E-state index contributed by atoms with van der Waals surface area (Å²) in [5.74, 6) is -0.150. The molecule has 2 aromatic carbocycles. The van der Waals surface area contributed by atoms with E-state index in [1.165, 1.54) is 17.0 Å². The molecule has 4 heteroatoms. The minimum atomic E-state index is -0.254. The first-order chi connectivity index (χ1) is 13.2. The fourth-order valence-electron chi connectivity index (χ4n) is 3.40. The summed E-state index contributed by atoms with van der Waals surface area (Å²) in [4.78, 5) is 17.8. The number of fused-ring (bicyclic) bond motifs is 1. The second kappa shape index (κ2) is 9.36. The molecule has 0 aliphatic heterocycles. The summed E-state index contributed by atoms with van der Waals surface area (Å²) in [6.45, 7) is 3.03. The molecule has 3 rings (SSSR count). The van der Waals surface area contributed by atoms with Crippen molar-refractivity contribution in [2.24, 2.45) is 0 Å². The minimum Gasteiger partial charge on any atom is -0.361 e. The first-order valence-electron chi connectivity index (χ1n) is 9.75. The Kier molecular flexibility index (Phi) is 6.64. The van der Waals surface area contributed by atoms with E-state index in [4.69, 9.17) is 0 Å². The van der Waals surface area contributed by atoms with Crippen molar-refractivity contribution in [3.63, 3.8) is 0 Å². The number of halogens is 1. The van der Waals surface area contributed by atoms with Crippen LogP contribution in [0.2, 0.25) is 0 Å². The van der Waals surface area contributed by atoms with Crippen molar-refractivity contribution in [2.75, 3.05) is 6.54 Å². The van der Waals surface area contributed by atoms with Crippen molar-refractivity contribution in [3.05, 3.63) is 71.7 Å². The lowest BCUT2D eigenvalue weighted by Gasteiger charge is -2.23. The number of aromatic amines is 1. The molecular formula is C23H27FN2O. The van der Waals surface area contributed by atoms with Gasteiger partial charge in [-0.3, -0.25) is 4.79 Å². The van der Waals surface area contributed by atoms with Gasteiger partial charge >= 0.3 is 0 Å². The summed E-state index contributed by atoms with van der Waals surface area (Å²) in [6.07, 6.45) is 6.29. The van der Waals surface area contributed by atoms with Crippen LogP contribution in [0.3, 0.4) is 0 Å². The number of H-pyrrole nitrogens is 1. The van der Waals surface area contributed by atoms with Crippen LogP contribution in [-0.2, 0) is 17.8 Å². The van der Waals surface area contributed by atoms with Gasteiger partial charge in [-0.1, -0.05) is 56.2 Å². The summed E-state index contributed by atoms with van der Waals surface area (Å²) in [6, 6.07) is 14.9. The standard InChI is InChI=1S/C23H27FN2O/c1-2-3-4-13-23(27)26(17-19-9-5-7-11-21(19)24)15-14-18-16-25-22-12-8-6-10-20(18)22/h5-12,16,25H,2-4,13-15,17H2,1H3. The largest absolute Gasteiger partial charge is 0.361 e. The van der Waals surface area contributed by atoms with E-state index in [2.05, 4.69) is 18.0 Å². The molecule has 3 nitrogen and oxygen atoms in total. The highest BCUT2D eigenvalue weighted by Gasteiger charge is 2.16. The maximum atomic E-state index is 14.1. The number of hydrogen-bond donors (Lipinski definition) is 1. The Morgan fingerprint density at radius 3 is 2.63 bits per heavy atom. The van der Waals surface area contributed by atoms with Crippen molar-refractivity contribution in [3.8, 4) is 0 Å². The third-order valence-corrected chi connectivity index (χ3v) is 4.99. The number of unbranched alkanes of at least 4 members (excludes halogenated alkanes) is 2. The SMILES string of the molecule is CCCCCC(=O)N(CCc1c[nH]c2ccccc12)Cc1ccccc1F. The van der Waals surface area contributed by atoms with Gasteiger partial charge in [0.25, 0.3) is 0 Å². The Labute approximate surface area is 160 Å². The van der Waals surface area contributed by atoms with E-state index in [1.54, 1.807) is 17.0 Å². The average Bonchev–Trinajstić information content (AvgIpc) is 3.10. The van der Waals surface area contributed by atoms with Crippen molar-refractivity contribution in [1.82, 2.24) is 9.88 Å². The van der Waals surface area contributed by atoms with Gasteiger partial charge in [0.2, 0.25) is 5.91 Å². The van der Waals surface area contributed by atoms with Crippen molar-refractivity contribution < 1.29 is 9.18 Å². The van der Waals surface area contributed by atoms with Gasteiger partial charge in [-0.15, -0.1) is 0 Å². The fourth-order valence-corrected chi connectivity index (χ4v) is 3.40. The lowest BCUT2D eigenvalue weighted by molar-refractivity contribution is -0.132. The molecule has 0 saturated carbocycles. The lowest BCUT2D eigenvalue weighted by atomic mass is 10.1. The highest BCUT2D eigenvalue weighted by Crippen LogP contribution is 2.19. The van der Waals surface area contributed by atoms with E-state index >= 15 is 0 Å². The molecule has 1 N–H and O–H groups in total. The van der Waals surface area contributed by atoms with E-state index in [9.17, 15) is 9.18 Å². The summed E-state index contributed by atoms with van der Waals surface area (Å²) in [5, 5.41) is 1.18. The predicted molar refractivity (Wildman–Crippen MR) is 108 cm³/mol. The molecule has 1 aromatic heterocycles. The number of aromatic nitrogens is 1. The molecule has 0 spiro atoms. The van der Waals surface area contributed by atoms with Gasteiger partial charge < -0.3 is 9.88 Å². The van der Waals surface area contributed by atoms with E-state index in [-0.39, 0.29) is 11.7 Å². The van der Waals surface area contributed by atoms with Crippen LogP contribution < -0.4 is 0 Å². The van der Waals surface area contributed by atoms with Crippen LogP contribution in [0.15, 0.2) is 54.7 Å².